The fourth-order valence-corrected chi connectivity index (χ4v) is 2.86. The van der Waals surface area contributed by atoms with Gasteiger partial charge in [-0.05, 0) is 35.2 Å². The summed E-state index contributed by atoms with van der Waals surface area (Å²) in [5, 5.41) is 4.62. The van der Waals surface area contributed by atoms with Crippen molar-refractivity contribution >= 4 is 15.9 Å². The van der Waals surface area contributed by atoms with Crippen molar-refractivity contribution in [2.24, 2.45) is 11.8 Å². The third kappa shape index (κ3) is 3.33. The SMILES string of the molecule is CCc1nn(CC)c(CC(NN)C(C)CC)c1Br. The summed E-state index contributed by atoms with van der Waals surface area (Å²) in [6.45, 7) is 9.57. The van der Waals surface area contributed by atoms with Crippen molar-refractivity contribution in [1.29, 1.82) is 0 Å². The summed E-state index contributed by atoms with van der Waals surface area (Å²) in [6.07, 6.45) is 2.98. The van der Waals surface area contributed by atoms with Crippen LogP contribution in [0.5, 0.6) is 0 Å². The molecule has 0 aromatic carbocycles. The topological polar surface area (TPSA) is 55.9 Å². The summed E-state index contributed by atoms with van der Waals surface area (Å²) in [6, 6.07) is 0.290. The summed E-state index contributed by atoms with van der Waals surface area (Å²) in [4.78, 5) is 0. The minimum atomic E-state index is 0.290. The van der Waals surface area contributed by atoms with Gasteiger partial charge < -0.3 is 0 Å². The number of halogens is 1. The highest BCUT2D eigenvalue weighted by molar-refractivity contribution is 9.10. The van der Waals surface area contributed by atoms with Crippen LogP contribution in [0, 0.1) is 5.92 Å². The Hall–Kier alpha value is -0.390. The number of hydrogen-bond donors (Lipinski definition) is 2. The monoisotopic (exact) mass is 316 g/mol. The van der Waals surface area contributed by atoms with Crippen molar-refractivity contribution in [3.8, 4) is 0 Å². The molecule has 0 radical (unpaired) electrons. The first-order valence-electron chi connectivity index (χ1n) is 6.79. The maximum Gasteiger partial charge on any atom is 0.0766 e. The number of hydrogen-bond acceptors (Lipinski definition) is 3. The Morgan fingerprint density at radius 3 is 2.50 bits per heavy atom. The fourth-order valence-electron chi connectivity index (χ4n) is 2.13. The first-order chi connectivity index (χ1) is 8.58. The third-order valence-electron chi connectivity index (χ3n) is 3.65. The zero-order valence-corrected chi connectivity index (χ0v) is 13.4. The Labute approximate surface area is 118 Å². The summed E-state index contributed by atoms with van der Waals surface area (Å²) in [7, 11) is 0. The first-order valence-corrected chi connectivity index (χ1v) is 7.58. The second-order valence-electron chi connectivity index (χ2n) is 4.74. The van der Waals surface area contributed by atoms with Gasteiger partial charge in [-0.2, -0.15) is 5.10 Å². The number of aromatic nitrogens is 2. The third-order valence-corrected chi connectivity index (χ3v) is 4.57. The van der Waals surface area contributed by atoms with Crippen LogP contribution in [0.1, 0.15) is 45.5 Å². The molecule has 104 valence electrons. The van der Waals surface area contributed by atoms with E-state index in [0.717, 1.165) is 36.0 Å². The fraction of sp³-hybridized carbons (Fsp3) is 0.769. The Balaban J connectivity index is 2.97. The Morgan fingerprint density at radius 1 is 1.39 bits per heavy atom. The van der Waals surface area contributed by atoms with Crippen molar-refractivity contribution in [3.63, 3.8) is 0 Å². The maximum atomic E-state index is 5.68. The van der Waals surface area contributed by atoms with Crippen LogP contribution in [0.2, 0.25) is 0 Å². The molecular formula is C13H25BrN4. The molecule has 3 N–H and O–H groups in total. The van der Waals surface area contributed by atoms with E-state index in [9.17, 15) is 0 Å². The van der Waals surface area contributed by atoms with Crippen LogP contribution < -0.4 is 11.3 Å². The van der Waals surface area contributed by atoms with E-state index in [0.29, 0.717) is 5.92 Å². The highest BCUT2D eigenvalue weighted by atomic mass is 79.9. The molecule has 2 unspecified atom stereocenters. The average Bonchev–Trinajstić information content (AvgIpc) is 2.71. The van der Waals surface area contributed by atoms with Crippen LogP contribution in [0.4, 0.5) is 0 Å². The largest absolute Gasteiger partial charge is 0.271 e. The van der Waals surface area contributed by atoms with E-state index in [1.54, 1.807) is 0 Å². The molecule has 1 aromatic heterocycles. The molecule has 1 heterocycles. The molecule has 0 amide bonds. The van der Waals surface area contributed by atoms with E-state index in [-0.39, 0.29) is 6.04 Å². The highest BCUT2D eigenvalue weighted by Gasteiger charge is 2.21. The van der Waals surface area contributed by atoms with E-state index >= 15 is 0 Å². The van der Waals surface area contributed by atoms with Gasteiger partial charge in [-0.15, -0.1) is 0 Å². The van der Waals surface area contributed by atoms with E-state index < -0.39 is 0 Å². The molecule has 18 heavy (non-hydrogen) atoms. The highest BCUT2D eigenvalue weighted by Crippen LogP contribution is 2.25. The zero-order valence-electron chi connectivity index (χ0n) is 11.8. The van der Waals surface area contributed by atoms with Crippen LogP contribution in [-0.2, 0) is 19.4 Å². The zero-order chi connectivity index (χ0) is 13.7. The van der Waals surface area contributed by atoms with Crippen molar-refractivity contribution in [3.05, 3.63) is 15.9 Å². The van der Waals surface area contributed by atoms with Gasteiger partial charge in [0.2, 0.25) is 0 Å². The molecule has 0 fully saturated rings. The van der Waals surface area contributed by atoms with Gasteiger partial charge in [0.05, 0.1) is 15.9 Å². The van der Waals surface area contributed by atoms with Gasteiger partial charge in [0.1, 0.15) is 0 Å². The summed E-state index contributed by atoms with van der Waals surface area (Å²) >= 11 is 3.68. The molecule has 1 rings (SSSR count). The normalized spacial score (nSPS) is 14.8. The van der Waals surface area contributed by atoms with Gasteiger partial charge in [0.25, 0.3) is 0 Å². The van der Waals surface area contributed by atoms with Gasteiger partial charge in [-0.3, -0.25) is 16.0 Å². The minimum Gasteiger partial charge on any atom is -0.271 e. The molecule has 0 aliphatic rings. The van der Waals surface area contributed by atoms with E-state index in [1.807, 2.05) is 0 Å². The number of nitrogens with two attached hydrogens (primary N) is 1. The second-order valence-corrected chi connectivity index (χ2v) is 5.53. The van der Waals surface area contributed by atoms with E-state index in [4.69, 9.17) is 5.84 Å². The van der Waals surface area contributed by atoms with Gasteiger partial charge >= 0.3 is 0 Å². The molecule has 5 heteroatoms. The van der Waals surface area contributed by atoms with Crippen LogP contribution >= 0.6 is 15.9 Å². The number of aryl methyl sites for hydroxylation is 2. The number of hydrazine groups is 1. The Bertz CT molecular complexity index is 375. The minimum absolute atomic E-state index is 0.290. The van der Waals surface area contributed by atoms with Crippen molar-refractivity contribution in [2.45, 2.75) is 59.5 Å². The van der Waals surface area contributed by atoms with E-state index in [2.05, 4.69) is 58.8 Å². The first kappa shape index (κ1) is 15.7. The number of rotatable bonds is 7. The molecule has 0 aliphatic carbocycles. The molecular weight excluding hydrogens is 292 g/mol. The lowest BCUT2D eigenvalue weighted by Crippen LogP contribution is -2.41. The van der Waals surface area contributed by atoms with Gasteiger partial charge in [0, 0.05) is 19.0 Å². The Kier molecular flexibility index (Phi) is 6.32. The lowest BCUT2D eigenvalue weighted by atomic mass is 9.95. The lowest BCUT2D eigenvalue weighted by Gasteiger charge is -2.22. The number of nitrogens with one attached hydrogen (secondary N) is 1. The van der Waals surface area contributed by atoms with Gasteiger partial charge in [0.15, 0.2) is 0 Å². The molecule has 0 saturated heterocycles. The molecule has 0 spiro atoms. The van der Waals surface area contributed by atoms with Crippen LogP contribution in [0.15, 0.2) is 4.47 Å². The van der Waals surface area contributed by atoms with Crippen LogP contribution in [0.25, 0.3) is 0 Å². The van der Waals surface area contributed by atoms with Gasteiger partial charge in [-0.25, -0.2) is 0 Å². The average molecular weight is 317 g/mol. The summed E-state index contributed by atoms with van der Waals surface area (Å²) < 4.78 is 3.23. The summed E-state index contributed by atoms with van der Waals surface area (Å²) in [5.41, 5.74) is 5.32. The molecule has 1 aromatic rings. The van der Waals surface area contributed by atoms with Crippen molar-refractivity contribution in [1.82, 2.24) is 15.2 Å². The van der Waals surface area contributed by atoms with Crippen molar-refractivity contribution in [2.75, 3.05) is 0 Å². The Morgan fingerprint density at radius 2 is 2.06 bits per heavy atom. The predicted molar refractivity (Wildman–Crippen MR) is 79.2 cm³/mol. The quantitative estimate of drug-likeness (QED) is 0.600. The van der Waals surface area contributed by atoms with Gasteiger partial charge in [-0.1, -0.05) is 27.2 Å². The van der Waals surface area contributed by atoms with Crippen LogP contribution in [0.3, 0.4) is 0 Å². The van der Waals surface area contributed by atoms with E-state index in [1.165, 1.54) is 5.69 Å². The lowest BCUT2D eigenvalue weighted by molar-refractivity contribution is 0.362. The molecule has 4 nitrogen and oxygen atoms in total. The van der Waals surface area contributed by atoms with Crippen LogP contribution in [-0.4, -0.2) is 15.8 Å². The molecule has 0 bridgehead atoms. The number of nitrogens with zero attached hydrogens (tertiary/aromatic N) is 2. The molecule has 0 aliphatic heterocycles. The molecule has 0 saturated carbocycles. The predicted octanol–water partition coefficient (Wildman–Crippen LogP) is 2.65. The molecule has 2 atom stereocenters. The smallest absolute Gasteiger partial charge is 0.0766 e. The summed E-state index contributed by atoms with van der Waals surface area (Å²) in [5.74, 6) is 6.23. The van der Waals surface area contributed by atoms with Crippen molar-refractivity contribution < 1.29 is 0 Å². The maximum absolute atomic E-state index is 5.68. The standard InChI is InChI=1S/C13H25BrN4/c1-5-9(4)11(16-15)8-12-13(14)10(6-2)17-18(12)7-3/h9,11,16H,5-8,15H2,1-4H3. The second kappa shape index (κ2) is 7.26.